The fourth-order valence-corrected chi connectivity index (χ4v) is 3.84. The van der Waals surface area contributed by atoms with Crippen LogP contribution in [-0.4, -0.2) is 53.9 Å². The van der Waals surface area contributed by atoms with Gasteiger partial charge in [-0.1, -0.05) is 24.3 Å². The first kappa shape index (κ1) is 17.2. The topological polar surface area (TPSA) is 36.4 Å². The number of rotatable bonds is 5. The van der Waals surface area contributed by atoms with Gasteiger partial charge in [0.15, 0.2) is 0 Å². The molecule has 0 N–H and O–H groups in total. The summed E-state index contributed by atoms with van der Waals surface area (Å²) >= 11 is 0. The highest BCUT2D eigenvalue weighted by Crippen LogP contribution is 2.30. The minimum Gasteiger partial charge on any atom is -0.344 e. The zero-order valence-electron chi connectivity index (χ0n) is 15.5. The standard InChI is InChI=1S/C22H27N3O/c1-24-12-13-25(15-18-2-3-18)16-21(22(24)26)14-17-4-6-19(7-5-17)20-8-10-23-11-9-20/h4-11,18,21H,2-3,12-16H2,1H3. The first-order valence-electron chi connectivity index (χ1n) is 9.66. The second-order valence-corrected chi connectivity index (χ2v) is 7.80. The third-order valence-corrected chi connectivity index (χ3v) is 5.62. The normalized spacial score (nSPS) is 21.7. The number of benzene rings is 1. The molecular weight excluding hydrogens is 322 g/mol. The van der Waals surface area contributed by atoms with Crippen LogP contribution in [-0.2, 0) is 11.2 Å². The summed E-state index contributed by atoms with van der Waals surface area (Å²) in [5, 5.41) is 0. The van der Waals surface area contributed by atoms with Crippen LogP contribution in [0.4, 0.5) is 0 Å². The molecular formula is C22H27N3O. The molecule has 4 nitrogen and oxygen atoms in total. The molecule has 1 saturated heterocycles. The van der Waals surface area contributed by atoms with E-state index in [1.54, 1.807) is 0 Å². The Morgan fingerprint density at radius 1 is 1.00 bits per heavy atom. The minimum absolute atomic E-state index is 0.0630. The van der Waals surface area contributed by atoms with Crippen LogP contribution in [0.3, 0.4) is 0 Å². The van der Waals surface area contributed by atoms with Crippen molar-refractivity contribution >= 4 is 5.91 Å². The molecule has 0 radical (unpaired) electrons. The molecule has 1 aromatic carbocycles. The van der Waals surface area contributed by atoms with Crippen molar-refractivity contribution in [3.8, 4) is 11.1 Å². The number of nitrogens with zero attached hydrogens (tertiary/aromatic N) is 3. The number of likely N-dealkylation sites (N-methyl/N-ethyl adjacent to an activating group) is 1. The maximum atomic E-state index is 12.8. The number of aromatic nitrogens is 1. The van der Waals surface area contributed by atoms with Gasteiger partial charge in [0.1, 0.15) is 0 Å². The van der Waals surface area contributed by atoms with Gasteiger partial charge in [0.25, 0.3) is 0 Å². The molecule has 1 aliphatic carbocycles. The van der Waals surface area contributed by atoms with Crippen LogP contribution in [0.15, 0.2) is 48.8 Å². The fourth-order valence-electron chi connectivity index (χ4n) is 3.84. The summed E-state index contributed by atoms with van der Waals surface area (Å²) in [6.45, 7) is 3.92. The van der Waals surface area contributed by atoms with Gasteiger partial charge in [0, 0.05) is 45.6 Å². The summed E-state index contributed by atoms with van der Waals surface area (Å²) in [6, 6.07) is 12.7. The Labute approximate surface area is 155 Å². The van der Waals surface area contributed by atoms with Gasteiger partial charge in [0.2, 0.25) is 5.91 Å². The van der Waals surface area contributed by atoms with E-state index in [9.17, 15) is 4.79 Å². The SMILES string of the molecule is CN1CCN(CC2CC2)CC(Cc2ccc(-c3ccncc3)cc2)C1=O. The van der Waals surface area contributed by atoms with Gasteiger partial charge in [-0.25, -0.2) is 0 Å². The molecule has 1 aromatic heterocycles. The second kappa shape index (κ2) is 7.58. The van der Waals surface area contributed by atoms with E-state index >= 15 is 0 Å². The van der Waals surface area contributed by atoms with E-state index in [1.165, 1.54) is 36.1 Å². The van der Waals surface area contributed by atoms with E-state index in [0.29, 0.717) is 5.91 Å². The van der Waals surface area contributed by atoms with Crippen molar-refractivity contribution in [2.45, 2.75) is 19.3 Å². The van der Waals surface area contributed by atoms with Gasteiger partial charge in [-0.2, -0.15) is 0 Å². The Balaban J connectivity index is 1.46. The van der Waals surface area contributed by atoms with Crippen LogP contribution in [0.2, 0.25) is 0 Å². The summed E-state index contributed by atoms with van der Waals surface area (Å²) < 4.78 is 0. The van der Waals surface area contributed by atoms with Gasteiger partial charge in [-0.15, -0.1) is 0 Å². The quantitative estimate of drug-likeness (QED) is 0.832. The smallest absolute Gasteiger partial charge is 0.227 e. The average molecular weight is 349 g/mol. The van der Waals surface area contributed by atoms with E-state index < -0.39 is 0 Å². The molecule has 4 rings (SSSR count). The summed E-state index contributed by atoms with van der Waals surface area (Å²) in [5.74, 6) is 1.23. The van der Waals surface area contributed by atoms with Gasteiger partial charge >= 0.3 is 0 Å². The molecule has 1 unspecified atom stereocenters. The number of carbonyl (C=O) groups is 1. The van der Waals surface area contributed by atoms with E-state index in [2.05, 4.69) is 34.1 Å². The van der Waals surface area contributed by atoms with Crippen molar-refractivity contribution in [2.24, 2.45) is 11.8 Å². The van der Waals surface area contributed by atoms with Crippen LogP contribution in [0.25, 0.3) is 11.1 Å². The average Bonchev–Trinajstić information content (AvgIpc) is 3.50. The molecule has 2 aromatic rings. The first-order valence-corrected chi connectivity index (χ1v) is 9.66. The maximum absolute atomic E-state index is 12.8. The predicted octanol–water partition coefficient (Wildman–Crippen LogP) is 3.09. The van der Waals surface area contributed by atoms with E-state index in [4.69, 9.17) is 0 Å². The molecule has 2 aliphatic rings. The number of pyridine rings is 1. The highest BCUT2D eigenvalue weighted by molar-refractivity contribution is 5.79. The van der Waals surface area contributed by atoms with Crippen molar-refractivity contribution in [3.63, 3.8) is 0 Å². The second-order valence-electron chi connectivity index (χ2n) is 7.80. The highest BCUT2D eigenvalue weighted by Gasteiger charge is 2.31. The van der Waals surface area contributed by atoms with Crippen molar-refractivity contribution in [1.82, 2.24) is 14.8 Å². The summed E-state index contributed by atoms with van der Waals surface area (Å²) in [5.41, 5.74) is 3.60. The van der Waals surface area contributed by atoms with Crippen molar-refractivity contribution in [2.75, 3.05) is 33.2 Å². The predicted molar refractivity (Wildman–Crippen MR) is 104 cm³/mol. The number of hydrogen-bond acceptors (Lipinski definition) is 3. The lowest BCUT2D eigenvalue weighted by Crippen LogP contribution is -2.35. The summed E-state index contributed by atoms with van der Waals surface area (Å²) in [6.07, 6.45) is 7.18. The molecule has 1 aliphatic heterocycles. The molecule has 4 heteroatoms. The maximum Gasteiger partial charge on any atom is 0.227 e. The van der Waals surface area contributed by atoms with Crippen LogP contribution < -0.4 is 0 Å². The zero-order valence-corrected chi connectivity index (χ0v) is 15.5. The van der Waals surface area contributed by atoms with Crippen LogP contribution in [0.5, 0.6) is 0 Å². The first-order chi connectivity index (χ1) is 12.7. The van der Waals surface area contributed by atoms with Crippen LogP contribution in [0.1, 0.15) is 18.4 Å². The van der Waals surface area contributed by atoms with Gasteiger partial charge in [-0.05, 0) is 54.0 Å². The lowest BCUT2D eigenvalue weighted by atomic mass is 9.96. The summed E-state index contributed by atoms with van der Waals surface area (Å²) in [4.78, 5) is 21.3. The minimum atomic E-state index is 0.0630. The third kappa shape index (κ3) is 4.13. The van der Waals surface area contributed by atoms with Crippen LogP contribution in [0, 0.1) is 11.8 Å². The van der Waals surface area contributed by atoms with E-state index in [-0.39, 0.29) is 5.92 Å². The highest BCUT2D eigenvalue weighted by atomic mass is 16.2. The summed E-state index contributed by atoms with van der Waals surface area (Å²) in [7, 11) is 1.95. The molecule has 1 amide bonds. The molecule has 0 bridgehead atoms. The van der Waals surface area contributed by atoms with Crippen molar-refractivity contribution in [3.05, 3.63) is 54.4 Å². The Morgan fingerprint density at radius 2 is 1.69 bits per heavy atom. The number of carbonyl (C=O) groups excluding carboxylic acids is 1. The Hall–Kier alpha value is -2.20. The molecule has 2 fully saturated rings. The largest absolute Gasteiger partial charge is 0.344 e. The molecule has 1 saturated carbocycles. The fraction of sp³-hybridized carbons (Fsp3) is 0.455. The van der Waals surface area contributed by atoms with Crippen LogP contribution >= 0.6 is 0 Å². The monoisotopic (exact) mass is 349 g/mol. The lowest BCUT2D eigenvalue weighted by molar-refractivity contribution is -0.133. The van der Waals surface area contributed by atoms with Gasteiger partial charge in [-0.3, -0.25) is 9.78 Å². The number of hydrogen-bond donors (Lipinski definition) is 0. The molecule has 26 heavy (non-hydrogen) atoms. The van der Waals surface area contributed by atoms with Crippen molar-refractivity contribution in [1.29, 1.82) is 0 Å². The van der Waals surface area contributed by atoms with E-state index in [1.807, 2.05) is 36.5 Å². The molecule has 0 spiro atoms. The zero-order chi connectivity index (χ0) is 17.9. The Morgan fingerprint density at radius 3 is 2.38 bits per heavy atom. The molecule has 1 atom stereocenters. The van der Waals surface area contributed by atoms with Gasteiger partial charge in [0.05, 0.1) is 5.92 Å². The Kier molecular flexibility index (Phi) is 5.02. The van der Waals surface area contributed by atoms with E-state index in [0.717, 1.165) is 32.0 Å². The molecule has 2 heterocycles. The van der Waals surface area contributed by atoms with Crippen molar-refractivity contribution < 1.29 is 4.79 Å². The molecule has 136 valence electrons. The third-order valence-electron chi connectivity index (χ3n) is 5.62. The Bertz CT molecular complexity index is 740. The lowest BCUT2D eigenvalue weighted by Gasteiger charge is -2.23. The van der Waals surface area contributed by atoms with Gasteiger partial charge < -0.3 is 9.80 Å². The number of amides is 1.